The van der Waals surface area contributed by atoms with E-state index in [0.29, 0.717) is 35.8 Å². The second-order valence-corrected chi connectivity index (χ2v) is 11.7. The average Bonchev–Trinajstić information content (AvgIpc) is 2.85. The summed E-state index contributed by atoms with van der Waals surface area (Å²) in [4.78, 5) is 38.0. The van der Waals surface area contributed by atoms with E-state index < -0.39 is 10.8 Å². The fourth-order valence-corrected chi connectivity index (χ4v) is 3.74. The molecule has 0 N–H and O–H groups in total. The molecule has 0 amide bonds. The molecular weight excluding hydrogens is 492 g/mol. The normalized spacial score (nSPS) is 11.9. The fourth-order valence-electron chi connectivity index (χ4n) is 3.74. The molecule has 0 saturated carbocycles. The summed E-state index contributed by atoms with van der Waals surface area (Å²) in [6, 6.07) is 8.47. The summed E-state index contributed by atoms with van der Waals surface area (Å²) < 4.78 is 17.5. The van der Waals surface area contributed by atoms with Crippen molar-refractivity contribution in [1.82, 2.24) is 0 Å². The molecule has 0 atom stereocenters. The molecule has 0 saturated heterocycles. The quantitative estimate of drug-likeness (QED) is 0.126. The molecule has 0 fully saturated rings. The number of carbonyl (C=O) groups is 3. The number of hydrogen-bond acceptors (Lipinski definition) is 6. The highest BCUT2D eigenvalue weighted by molar-refractivity contribution is 6.07. The van der Waals surface area contributed by atoms with Gasteiger partial charge in [0.25, 0.3) is 0 Å². The number of ketones is 1. The van der Waals surface area contributed by atoms with Gasteiger partial charge in [-0.15, -0.1) is 0 Å². The van der Waals surface area contributed by atoms with Crippen molar-refractivity contribution in [3.8, 4) is 17.2 Å². The molecular formula is C33H44O6. The van der Waals surface area contributed by atoms with Crippen molar-refractivity contribution in [2.24, 2.45) is 10.8 Å². The van der Waals surface area contributed by atoms with E-state index in [1.807, 2.05) is 33.8 Å². The largest absolute Gasteiger partial charge is 0.493 e. The van der Waals surface area contributed by atoms with Gasteiger partial charge in [-0.25, -0.2) is 0 Å². The summed E-state index contributed by atoms with van der Waals surface area (Å²) in [5.74, 6) is 0.767. The van der Waals surface area contributed by atoms with Gasteiger partial charge in [0, 0.05) is 16.7 Å². The van der Waals surface area contributed by atoms with E-state index in [-0.39, 0.29) is 17.7 Å². The molecule has 0 aliphatic carbocycles. The van der Waals surface area contributed by atoms with E-state index in [0.717, 1.165) is 36.0 Å². The van der Waals surface area contributed by atoms with E-state index in [1.54, 1.807) is 51.1 Å². The molecule has 2 aromatic carbocycles. The van der Waals surface area contributed by atoms with Crippen molar-refractivity contribution in [1.29, 1.82) is 0 Å². The van der Waals surface area contributed by atoms with Crippen LogP contribution < -0.4 is 14.2 Å². The van der Waals surface area contributed by atoms with Gasteiger partial charge in [-0.3, -0.25) is 14.4 Å². The van der Waals surface area contributed by atoms with Crippen molar-refractivity contribution >= 4 is 23.8 Å². The van der Waals surface area contributed by atoms with Crippen molar-refractivity contribution < 1.29 is 28.6 Å². The van der Waals surface area contributed by atoms with Crippen LogP contribution in [0.4, 0.5) is 0 Å². The van der Waals surface area contributed by atoms with Crippen molar-refractivity contribution in [2.75, 3.05) is 6.61 Å². The third-order valence-electron chi connectivity index (χ3n) is 5.92. The summed E-state index contributed by atoms with van der Waals surface area (Å²) in [6.07, 6.45) is 6.37. The number of hydrogen-bond donors (Lipinski definition) is 0. The monoisotopic (exact) mass is 536 g/mol. The van der Waals surface area contributed by atoms with Crippen molar-refractivity contribution in [2.45, 2.75) is 88.0 Å². The van der Waals surface area contributed by atoms with Crippen LogP contribution in [0, 0.1) is 10.8 Å². The lowest BCUT2D eigenvalue weighted by Crippen LogP contribution is -2.26. The minimum atomic E-state index is -0.648. The standard InChI is InChI=1S/C33H44O6/c1-10-13-23-21-24(28(37-12-3)26(14-11-2)29(23)39-31(36)33(7,8)9)17-20-27(34)22-15-18-25(19-16-22)38-30(35)32(4,5)6/h15-21H,10-14H2,1-9H3. The lowest BCUT2D eigenvalue weighted by Gasteiger charge is -2.23. The summed E-state index contributed by atoms with van der Waals surface area (Å²) in [5.41, 5.74) is 1.73. The van der Waals surface area contributed by atoms with Crippen LogP contribution in [0.3, 0.4) is 0 Å². The third-order valence-corrected chi connectivity index (χ3v) is 5.92. The van der Waals surface area contributed by atoms with E-state index >= 15 is 0 Å². The molecule has 0 aromatic heterocycles. The van der Waals surface area contributed by atoms with Gasteiger partial charge < -0.3 is 14.2 Å². The Morgan fingerprint density at radius 1 is 0.769 bits per heavy atom. The van der Waals surface area contributed by atoms with E-state index in [9.17, 15) is 14.4 Å². The summed E-state index contributed by atoms with van der Waals surface area (Å²) >= 11 is 0. The van der Waals surface area contributed by atoms with Gasteiger partial charge in [-0.2, -0.15) is 0 Å². The van der Waals surface area contributed by atoms with Crippen LogP contribution in [0.2, 0.25) is 0 Å². The van der Waals surface area contributed by atoms with Crippen LogP contribution in [0.25, 0.3) is 6.08 Å². The highest BCUT2D eigenvalue weighted by Gasteiger charge is 2.28. The molecule has 0 spiro atoms. The second kappa shape index (κ2) is 13.6. The molecule has 0 aliphatic rings. The number of rotatable bonds is 11. The maximum absolute atomic E-state index is 13.0. The van der Waals surface area contributed by atoms with Gasteiger partial charge >= 0.3 is 11.9 Å². The van der Waals surface area contributed by atoms with Crippen LogP contribution in [-0.4, -0.2) is 24.3 Å². The average molecular weight is 537 g/mol. The van der Waals surface area contributed by atoms with Gasteiger partial charge in [-0.1, -0.05) is 26.7 Å². The Morgan fingerprint density at radius 2 is 1.33 bits per heavy atom. The zero-order chi connectivity index (χ0) is 29.4. The van der Waals surface area contributed by atoms with Crippen LogP contribution in [-0.2, 0) is 22.4 Å². The molecule has 0 radical (unpaired) electrons. The van der Waals surface area contributed by atoms with Gasteiger partial charge in [0.05, 0.1) is 17.4 Å². The molecule has 0 bridgehead atoms. The number of carbonyl (C=O) groups excluding carboxylic acids is 3. The highest BCUT2D eigenvalue weighted by Crippen LogP contribution is 2.39. The lowest BCUT2D eigenvalue weighted by molar-refractivity contribution is -0.143. The molecule has 2 rings (SSSR count). The second-order valence-electron chi connectivity index (χ2n) is 11.7. The minimum absolute atomic E-state index is 0.191. The summed E-state index contributed by atoms with van der Waals surface area (Å²) in [7, 11) is 0. The Morgan fingerprint density at radius 3 is 1.85 bits per heavy atom. The Kier molecular flexibility index (Phi) is 11.1. The lowest BCUT2D eigenvalue weighted by atomic mass is 9.94. The molecule has 6 nitrogen and oxygen atoms in total. The number of esters is 2. The first-order valence-corrected chi connectivity index (χ1v) is 13.8. The van der Waals surface area contributed by atoms with E-state index in [1.165, 1.54) is 6.08 Å². The highest BCUT2D eigenvalue weighted by atomic mass is 16.5. The Balaban J connectivity index is 2.47. The van der Waals surface area contributed by atoms with Gasteiger partial charge in [0.15, 0.2) is 5.78 Å². The van der Waals surface area contributed by atoms with Gasteiger partial charge in [-0.05, 0) is 109 Å². The van der Waals surface area contributed by atoms with Crippen LogP contribution >= 0.6 is 0 Å². The van der Waals surface area contributed by atoms with Gasteiger partial charge in [0.2, 0.25) is 0 Å². The smallest absolute Gasteiger partial charge is 0.316 e. The maximum atomic E-state index is 13.0. The first-order chi connectivity index (χ1) is 18.2. The Hall–Kier alpha value is -3.41. The van der Waals surface area contributed by atoms with Gasteiger partial charge in [0.1, 0.15) is 17.2 Å². The molecule has 39 heavy (non-hydrogen) atoms. The number of benzene rings is 2. The SMILES string of the molecule is CCCc1cc(C=CC(=O)c2ccc(OC(=O)C(C)(C)C)cc2)c(OCC)c(CCC)c1OC(=O)C(C)(C)C. The zero-order valence-electron chi connectivity index (χ0n) is 25.0. The maximum Gasteiger partial charge on any atom is 0.316 e. The summed E-state index contributed by atoms with van der Waals surface area (Å²) in [5, 5.41) is 0. The first-order valence-electron chi connectivity index (χ1n) is 13.8. The molecule has 2 aromatic rings. The Labute approximate surface area is 233 Å². The van der Waals surface area contributed by atoms with Crippen LogP contribution in [0.1, 0.15) is 102 Å². The van der Waals surface area contributed by atoms with Crippen LogP contribution in [0.5, 0.6) is 17.2 Å². The number of aryl methyl sites for hydroxylation is 1. The van der Waals surface area contributed by atoms with E-state index in [4.69, 9.17) is 14.2 Å². The summed E-state index contributed by atoms with van der Waals surface area (Å²) in [6.45, 7) is 17.3. The Bertz CT molecular complexity index is 1190. The van der Waals surface area contributed by atoms with Crippen LogP contribution in [0.15, 0.2) is 36.4 Å². The molecule has 0 aliphatic heterocycles. The molecule has 6 heteroatoms. The third kappa shape index (κ3) is 8.81. The predicted molar refractivity (Wildman–Crippen MR) is 156 cm³/mol. The topological polar surface area (TPSA) is 78.9 Å². The first kappa shape index (κ1) is 31.8. The molecule has 212 valence electrons. The van der Waals surface area contributed by atoms with Crippen molar-refractivity contribution in [3.63, 3.8) is 0 Å². The molecule has 0 unspecified atom stereocenters. The number of ether oxygens (including phenoxy) is 3. The predicted octanol–water partition coefficient (Wildman–Crippen LogP) is 7.79. The fraction of sp³-hybridized carbons (Fsp3) is 0.485. The number of allylic oxidation sites excluding steroid dienone is 1. The molecule has 0 heterocycles. The minimum Gasteiger partial charge on any atom is -0.493 e. The zero-order valence-corrected chi connectivity index (χ0v) is 25.0. The van der Waals surface area contributed by atoms with E-state index in [2.05, 4.69) is 13.8 Å². The van der Waals surface area contributed by atoms with Crippen molar-refractivity contribution in [3.05, 3.63) is 58.7 Å².